The molecule has 1 heterocycles. The maximum atomic E-state index is 12.0. The van der Waals surface area contributed by atoms with Gasteiger partial charge in [-0.25, -0.2) is 4.79 Å². The van der Waals surface area contributed by atoms with Crippen LogP contribution in [0.25, 0.3) is 11.1 Å². The summed E-state index contributed by atoms with van der Waals surface area (Å²) in [6, 6.07) is 30.3. The minimum Gasteiger partial charge on any atom is -0.481 e. The highest BCUT2D eigenvalue weighted by Gasteiger charge is 2.38. The van der Waals surface area contributed by atoms with Gasteiger partial charge in [0, 0.05) is 35.1 Å². The van der Waals surface area contributed by atoms with Crippen molar-refractivity contribution in [3.63, 3.8) is 0 Å². The maximum absolute atomic E-state index is 12.0. The van der Waals surface area contributed by atoms with Crippen LogP contribution in [0.4, 0.5) is 0 Å². The Labute approximate surface area is 277 Å². The van der Waals surface area contributed by atoms with Gasteiger partial charge in [0.25, 0.3) is 0 Å². The number of benzene rings is 4. The molecule has 4 aromatic carbocycles. The number of aliphatic hydroxyl groups is 1. The number of hydrogen-bond donors (Lipinski definition) is 4. The molecule has 0 bridgehead atoms. The third-order valence-electron chi connectivity index (χ3n) is 8.11. The Morgan fingerprint density at radius 2 is 1.49 bits per heavy atom. The smallest absolute Gasteiger partial charge is 0.335 e. The van der Waals surface area contributed by atoms with E-state index in [1.54, 1.807) is 36.0 Å². The molecule has 4 N–H and O–H groups in total. The number of aliphatic hydroxyl groups excluding tert-OH is 1. The molecule has 5 rings (SSSR count). The monoisotopic (exact) mass is 655 g/mol. The minimum atomic E-state index is -1.01. The summed E-state index contributed by atoms with van der Waals surface area (Å²) in [5, 5.41) is 30.4. The molecule has 0 aromatic heterocycles. The van der Waals surface area contributed by atoms with Crippen molar-refractivity contribution in [2.75, 3.05) is 5.75 Å². The first kappa shape index (κ1) is 33.9. The molecular formula is C37H37NO8S. The zero-order valence-electron chi connectivity index (χ0n) is 25.9. The van der Waals surface area contributed by atoms with Crippen LogP contribution in [0, 0.1) is 5.92 Å². The number of carboxylic acids is 2. The fourth-order valence-corrected chi connectivity index (χ4v) is 6.48. The zero-order chi connectivity index (χ0) is 33.3. The molecule has 244 valence electrons. The van der Waals surface area contributed by atoms with Gasteiger partial charge in [-0.3, -0.25) is 9.59 Å². The topological polar surface area (TPSA) is 142 Å². The van der Waals surface area contributed by atoms with Crippen molar-refractivity contribution in [1.82, 2.24) is 5.32 Å². The predicted molar refractivity (Wildman–Crippen MR) is 178 cm³/mol. The molecule has 0 radical (unpaired) electrons. The summed E-state index contributed by atoms with van der Waals surface area (Å²) in [4.78, 5) is 35.0. The van der Waals surface area contributed by atoms with Gasteiger partial charge in [-0.15, -0.1) is 11.8 Å². The van der Waals surface area contributed by atoms with E-state index in [9.17, 15) is 24.6 Å². The lowest BCUT2D eigenvalue weighted by atomic mass is 9.91. The van der Waals surface area contributed by atoms with E-state index in [-0.39, 0.29) is 55.6 Å². The molecule has 0 spiro atoms. The normalized spacial score (nSPS) is 19.2. The van der Waals surface area contributed by atoms with E-state index in [0.29, 0.717) is 5.75 Å². The molecule has 10 heteroatoms. The lowest BCUT2D eigenvalue weighted by Crippen LogP contribution is -2.38. The van der Waals surface area contributed by atoms with E-state index in [1.807, 2.05) is 72.8 Å². The highest BCUT2D eigenvalue weighted by Crippen LogP contribution is 2.43. The van der Waals surface area contributed by atoms with Crippen molar-refractivity contribution in [3.8, 4) is 11.1 Å². The van der Waals surface area contributed by atoms with Gasteiger partial charge < -0.3 is 30.1 Å². The van der Waals surface area contributed by atoms with Gasteiger partial charge >= 0.3 is 11.9 Å². The highest BCUT2D eigenvalue weighted by molar-refractivity contribution is 7.99. The quantitative estimate of drug-likeness (QED) is 0.117. The van der Waals surface area contributed by atoms with Gasteiger partial charge in [0.1, 0.15) is 0 Å². The van der Waals surface area contributed by atoms with E-state index in [0.717, 1.165) is 38.3 Å². The molecule has 4 unspecified atom stereocenters. The Balaban J connectivity index is 1.35. The Kier molecular flexibility index (Phi) is 11.4. The first-order valence-corrected chi connectivity index (χ1v) is 16.3. The van der Waals surface area contributed by atoms with Crippen LogP contribution < -0.4 is 5.32 Å². The molecular weight excluding hydrogens is 618 g/mol. The van der Waals surface area contributed by atoms with Crippen molar-refractivity contribution in [2.45, 2.75) is 56.3 Å². The molecule has 1 fully saturated rings. The largest absolute Gasteiger partial charge is 0.481 e. The summed E-state index contributed by atoms with van der Waals surface area (Å²) in [5.41, 5.74) is 5.66. The van der Waals surface area contributed by atoms with Crippen LogP contribution in [-0.2, 0) is 32.2 Å². The van der Waals surface area contributed by atoms with Gasteiger partial charge in [-0.05, 0) is 64.2 Å². The van der Waals surface area contributed by atoms with Crippen LogP contribution in [0.15, 0.2) is 102 Å². The second-order valence-electron chi connectivity index (χ2n) is 11.5. The van der Waals surface area contributed by atoms with E-state index in [1.165, 1.54) is 0 Å². The number of hydrogen-bond acceptors (Lipinski definition) is 7. The summed E-state index contributed by atoms with van der Waals surface area (Å²) < 4.78 is 13.3. The fraction of sp³-hybridized carbons (Fsp3) is 0.270. The van der Waals surface area contributed by atoms with Crippen LogP contribution in [0.5, 0.6) is 0 Å². The number of aliphatic carboxylic acids is 1. The first-order valence-electron chi connectivity index (χ1n) is 15.3. The van der Waals surface area contributed by atoms with Crippen LogP contribution in [0.1, 0.15) is 64.8 Å². The Morgan fingerprint density at radius 1 is 0.787 bits per heavy atom. The lowest BCUT2D eigenvalue weighted by Gasteiger charge is -2.41. The molecule has 4 atom stereocenters. The summed E-state index contributed by atoms with van der Waals surface area (Å²) in [6.07, 6.45) is -1.42. The van der Waals surface area contributed by atoms with Crippen molar-refractivity contribution in [3.05, 3.63) is 125 Å². The van der Waals surface area contributed by atoms with Gasteiger partial charge in [-0.1, -0.05) is 67.6 Å². The zero-order valence-corrected chi connectivity index (χ0v) is 26.7. The van der Waals surface area contributed by atoms with E-state index in [4.69, 9.17) is 14.6 Å². The second-order valence-corrected chi connectivity index (χ2v) is 12.6. The molecule has 4 aromatic rings. The molecule has 0 aliphatic carbocycles. The molecule has 1 aliphatic heterocycles. The van der Waals surface area contributed by atoms with Gasteiger partial charge in [0.15, 0.2) is 6.29 Å². The Bertz CT molecular complexity index is 1690. The van der Waals surface area contributed by atoms with Gasteiger partial charge in [0.2, 0.25) is 5.91 Å². The van der Waals surface area contributed by atoms with E-state index < -0.39 is 18.2 Å². The number of nitrogens with one attached hydrogen (secondary N) is 1. The molecule has 1 amide bonds. The minimum absolute atomic E-state index is 0.0115. The number of carbonyl (C=O) groups excluding carboxylic acids is 1. The van der Waals surface area contributed by atoms with Crippen molar-refractivity contribution in [1.29, 1.82) is 0 Å². The predicted octanol–water partition coefficient (Wildman–Crippen LogP) is 6.61. The van der Waals surface area contributed by atoms with E-state index in [2.05, 4.69) is 12.2 Å². The number of aromatic carboxylic acids is 1. The summed E-state index contributed by atoms with van der Waals surface area (Å²) in [7, 11) is 0. The van der Waals surface area contributed by atoms with Crippen molar-refractivity contribution in [2.24, 2.45) is 5.92 Å². The summed E-state index contributed by atoms with van der Waals surface area (Å²) in [6.45, 7) is 2.34. The first-order chi connectivity index (χ1) is 22.7. The summed E-state index contributed by atoms with van der Waals surface area (Å²) in [5.74, 6) is -1.67. The third kappa shape index (κ3) is 9.08. The van der Waals surface area contributed by atoms with E-state index >= 15 is 0 Å². The highest BCUT2D eigenvalue weighted by atomic mass is 32.2. The third-order valence-corrected chi connectivity index (χ3v) is 9.21. The Morgan fingerprint density at radius 3 is 2.17 bits per heavy atom. The average molecular weight is 656 g/mol. The van der Waals surface area contributed by atoms with Crippen molar-refractivity contribution >= 4 is 29.6 Å². The average Bonchev–Trinajstić information content (AvgIpc) is 3.09. The van der Waals surface area contributed by atoms with Crippen LogP contribution >= 0.6 is 11.8 Å². The SMILES string of the molecule is CC1C(CSc2ccc(C(=O)O)cc2)OC(c2cccc(-c3cccc(CNC(=O)CCC(=O)O)c3)c2)OC1c1ccc(CO)cc1. The second kappa shape index (κ2) is 15.9. The van der Waals surface area contributed by atoms with Crippen LogP contribution in [-0.4, -0.2) is 45.0 Å². The van der Waals surface area contributed by atoms with Gasteiger partial charge in [0.05, 0.1) is 30.8 Å². The number of thioether (sulfide) groups is 1. The Hall–Kier alpha value is -4.48. The number of ether oxygens (including phenoxy) is 2. The number of carbonyl (C=O) groups is 3. The summed E-state index contributed by atoms with van der Waals surface area (Å²) >= 11 is 1.60. The standard InChI is InChI=1S/C37H37NO8S/c1-23-32(22-47-31-14-12-27(13-15-31)36(43)44)45-37(46-35(23)26-10-8-24(21-39)9-11-26)30-7-3-6-29(19-30)28-5-2-4-25(18-28)20-38-33(40)16-17-34(41)42/h2-15,18-19,23,32,35,37,39H,16-17,20-22H2,1H3,(H,38,40)(H,41,42)(H,43,44). The molecule has 1 aliphatic rings. The lowest BCUT2D eigenvalue weighted by molar-refractivity contribution is -0.268. The number of amides is 1. The maximum Gasteiger partial charge on any atom is 0.335 e. The van der Waals surface area contributed by atoms with Crippen LogP contribution in [0.2, 0.25) is 0 Å². The fourth-order valence-electron chi connectivity index (χ4n) is 5.42. The number of carboxylic acid groups (broad SMARTS) is 2. The molecule has 1 saturated heterocycles. The number of rotatable bonds is 13. The molecule has 47 heavy (non-hydrogen) atoms. The molecule has 9 nitrogen and oxygen atoms in total. The van der Waals surface area contributed by atoms with Crippen LogP contribution in [0.3, 0.4) is 0 Å². The van der Waals surface area contributed by atoms with Gasteiger partial charge in [-0.2, -0.15) is 0 Å². The molecule has 0 saturated carbocycles. The van der Waals surface area contributed by atoms with Crippen molar-refractivity contribution < 1.29 is 39.2 Å².